The summed E-state index contributed by atoms with van der Waals surface area (Å²) in [5.41, 5.74) is 0. The van der Waals surface area contributed by atoms with Gasteiger partial charge in [0, 0.05) is 25.7 Å². The highest BCUT2D eigenvalue weighted by atomic mass is 16.3. The van der Waals surface area contributed by atoms with Crippen molar-refractivity contribution in [2.24, 2.45) is 0 Å². The summed E-state index contributed by atoms with van der Waals surface area (Å²) in [7, 11) is 4.44. The quantitative estimate of drug-likeness (QED) is 0.852. The molecule has 1 aromatic heterocycles. The Balaban J connectivity index is 1.98. The SMILES string of the molecule is CCCNC(CC1CN(C)CCN1C)c1ccco1. The van der Waals surface area contributed by atoms with Gasteiger partial charge in [-0.05, 0) is 45.6 Å². The Labute approximate surface area is 116 Å². The molecule has 2 heterocycles. The van der Waals surface area contributed by atoms with E-state index >= 15 is 0 Å². The average Bonchev–Trinajstić information content (AvgIpc) is 2.92. The number of rotatable bonds is 6. The molecule has 1 fully saturated rings. The van der Waals surface area contributed by atoms with E-state index in [1.807, 2.05) is 6.07 Å². The molecule has 0 aliphatic carbocycles. The molecule has 1 N–H and O–H groups in total. The van der Waals surface area contributed by atoms with Gasteiger partial charge < -0.3 is 19.5 Å². The van der Waals surface area contributed by atoms with Gasteiger partial charge in [0.2, 0.25) is 0 Å². The first-order valence-corrected chi connectivity index (χ1v) is 7.36. The largest absolute Gasteiger partial charge is 0.468 e. The van der Waals surface area contributed by atoms with Crippen LogP contribution in [0.25, 0.3) is 0 Å². The van der Waals surface area contributed by atoms with Crippen LogP contribution in [0, 0.1) is 0 Å². The predicted octanol–water partition coefficient (Wildman–Crippen LogP) is 1.96. The van der Waals surface area contributed by atoms with Crippen LogP contribution in [0.2, 0.25) is 0 Å². The molecule has 2 unspecified atom stereocenters. The molecule has 0 amide bonds. The van der Waals surface area contributed by atoms with Crippen LogP contribution in [-0.4, -0.2) is 56.1 Å². The second-order valence-electron chi connectivity index (χ2n) is 5.65. The smallest absolute Gasteiger partial charge is 0.120 e. The van der Waals surface area contributed by atoms with Gasteiger partial charge in [-0.15, -0.1) is 0 Å². The van der Waals surface area contributed by atoms with Crippen LogP contribution < -0.4 is 5.32 Å². The van der Waals surface area contributed by atoms with Crippen LogP contribution in [-0.2, 0) is 0 Å². The van der Waals surface area contributed by atoms with E-state index in [1.165, 1.54) is 6.54 Å². The van der Waals surface area contributed by atoms with Crippen LogP contribution in [0.3, 0.4) is 0 Å². The topological polar surface area (TPSA) is 31.6 Å². The molecule has 1 aromatic rings. The lowest BCUT2D eigenvalue weighted by Crippen LogP contribution is -2.51. The number of nitrogens with zero attached hydrogens (tertiary/aromatic N) is 2. The molecule has 19 heavy (non-hydrogen) atoms. The van der Waals surface area contributed by atoms with Crippen molar-refractivity contribution >= 4 is 0 Å². The van der Waals surface area contributed by atoms with Crippen LogP contribution in [0.4, 0.5) is 0 Å². The molecular formula is C15H27N3O. The zero-order valence-electron chi connectivity index (χ0n) is 12.4. The van der Waals surface area contributed by atoms with E-state index in [-0.39, 0.29) is 0 Å². The van der Waals surface area contributed by atoms with Crippen molar-refractivity contribution in [1.29, 1.82) is 0 Å². The van der Waals surface area contributed by atoms with E-state index < -0.39 is 0 Å². The van der Waals surface area contributed by atoms with Gasteiger partial charge in [0.05, 0.1) is 12.3 Å². The van der Waals surface area contributed by atoms with Crippen molar-refractivity contribution in [2.45, 2.75) is 31.8 Å². The lowest BCUT2D eigenvalue weighted by atomic mass is 10.0. The van der Waals surface area contributed by atoms with Gasteiger partial charge in [0.1, 0.15) is 5.76 Å². The zero-order valence-corrected chi connectivity index (χ0v) is 12.4. The molecule has 1 saturated heterocycles. The number of furan rings is 1. The highest BCUT2D eigenvalue weighted by Crippen LogP contribution is 2.22. The van der Waals surface area contributed by atoms with Crippen molar-refractivity contribution in [3.8, 4) is 0 Å². The third-order valence-corrected chi connectivity index (χ3v) is 4.02. The fourth-order valence-corrected chi connectivity index (χ4v) is 2.74. The first kappa shape index (κ1) is 14.6. The van der Waals surface area contributed by atoms with Crippen molar-refractivity contribution < 1.29 is 4.42 Å². The van der Waals surface area contributed by atoms with Gasteiger partial charge in [-0.25, -0.2) is 0 Å². The van der Waals surface area contributed by atoms with E-state index in [2.05, 4.69) is 42.2 Å². The van der Waals surface area contributed by atoms with Gasteiger partial charge in [-0.1, -0.05) is 6.92 Å². The van der Waals surface area contributed by atoms with E-state index in [0.29, 0.717) is 12.1 Å². The van der Waals surface area contributed by atoms with Gasteiger partial charge >= 0.3 is 0 Å². The molecule has 0 spiro atoms. The van der Waals surface area contributed by atoms with E-state index in [9.17, 15) is 0 Å². The molecule has 1 aliphatic rings. The minimum Gasteiger partial charge on any atom is -0.468 e. The summed E-state index contributed by atoms with van der Waals surface area (Å²) in [5.74, 6) is 1.06. The first-order chi connectivity index (χ1) is 9.20. The van der Waals surface area contributed by atoms with Crippen molar-refractivity contribution in [3.63, 3.8) is 0 Å². The molecule has 2 atom stereocenters. The summed E-state index contributed by atoms with van der Waals surface area (Å²) in [6, 6.07) is 4.99. The fourth-order valence-electron chi connectivity index (χ4n) is 2.74. The molecule has 108 valence electrons. The lowest BCUT2D eigenvalue weighted by Gasteiger charge is -2.39. The zero-order chi connectivity index (χ0) is 13.7. The Kier molecular flexibility index (Phi) is 5.43. The highest BCUT2D eigenvalue weighted by molar-refractivity contribution is 5.05. The molecule has 4 nitrogen and oxygen atoms in total. The number of likely N-dealkylation sites (N-methyl/N-ethyl adjacent to an activating group) is 2. The minimum atomic E-state index is 0.328. The summed E-state index contributed by atoms with van der Waals surface area (Å²) in [4.78, 5) is 4.90. The third kappa shape index (κ3) is 4.06. The Hall–Kier alpha value is -0.840. The summed E-state index contributed by atoms with van der Waals surface area (Å²) in [6.07, 6.45) is 4.03. The van der Waals surface area contributed by atoms with Crippen LogP contribution in [0.1, 0.15) is 31.6 Å². The van der Waals surface area contributed by atoms with Crippen LogP contribution >= 0.6 is 0 Å². The number of nitrogens with one attached hydrogen (secondary N) is 1. The lowest BCUT2D eigenvalue weighted by molar-refractivity contribution is 0.0988. The minimum absolute atomic E-state index is 0.328. The summed E-state index contributed by atoms with van der Waals surface area (Å²) in [5, 5.41) is 3.62. The second kappa shape index (κ2) is 7.08. The van der Waals surface area contributed by atoms with Crippen LogP contribution in [0.15, 0.2) is 22.8 Å². The van der Waals surface area contributed by atoms with Gasteiger partial charge in [-0.2, -0.15) is 0 Å². The predicted molar refractivity (Wildman–Crippen MR) is 78.3 cm³/mol. The van der Waals surface area contributed by atoms with Crippen LogP contribution in [0.5, 0.6) is 0 Å². The molecule has 0 radical (unpaired) electrons. The summed E-state index contributed by atoms with van der Waals surface area (Å²) >= 11 is 0. The fraction of sp³-hybridized carbons (Fsp3) is 0.733. The Morgan fingerprint density at radius 2 is 2.26 bits per heavy atom. The standard InChI is InChI=1S/C15H27N3O/c1-4-7-16-14(15-6-5-10-19-15)11-13-12-17(2)8-9-18(13)3/h5-6,10,13-14,16H,4,7-9,11-12H2,1-3H3. The molecule has 0 saturated carbocycles. The molecule has 4 heteroatoms. The van der Waals surface area contributed by atoms with Gasteiger partial charge in [0.15, 0.2) is 0 Å². The Bertz CT molecular complexity index is 352. The summed E-state index contributed by atoms with van der Waals surface area (Å²) in [6.45, 7) is 6.70. The van der Waals surface area contributed by atoms with Gasteiger partial charge in [-0.3, -0.25) is 0 Å². The summed E-state index contributed by atoms with van der Waals surface area (Å²) < 4.78 is 5.60. The third-order valence-electron chi connectivity index (χ3n) is 4.02. The monoisotopic (exact) mass is 265 g/mol. The van der Waals surface area contributed by atoms with Crippen molar-refractivity contribution in [1.82, 2.24) is 15.1 Å². The molecular weight excluding hydrogens is 238 g/mol. The maximum Gasteiger partial charge on any atom is 0.120 e. The molecule has 1 aliphatic heterocycles. The number of piperazine rings is 1. The molecule has 0 bridgehead atoms. The second-order valence-corrected chi connectivity index (χ2v) is 5.65. The van der Waals surface area contributed by atoms with Gasteiger partial charge in [0.25, 0.3) is 0 Å². The van der Waals surface area contributed by atoms with E-state index in [1.54, 1.807) is 6.26 Å². The maximum atomic E-state index is 5.60. The average molecular weight is 265 g/mol. The Morgan fingerprint density at radius 3 is 2.95 bits per heavy atom. The first-order valence-electron chi connectivity index (χ1n) is 7.36. The van der Waals surface area contributed by atoms with E-state index in [0.717, 1.165) is 38.2 Å². The maximum absolute atomic E-state index is 5.60. The Morgan fingerprint density at radius 1 is 1.42 bits per heavy atom. The number of hydrogen-bond acceptors (Lipinski definition) is 4. The molecule has 2 rings (SSSR count). The normalized spacial score (nSPS) is 23.6. The highest BCUT2D eigenvalue weighted by Gasteiger charge is 2.26. The van der Waals surface area contributed by atoms with Crippen molar-refractivity contribution in [2.75, 3.05) is 40.3 Å². The van der Waals surface area contributed by atoms with Crippen molar-refractivity contribution in [3.05, 3.63) is 24.2 Å². The van der Waals surface area contributed by atoms with E-state index in [4.69, 9.17) is 4.42 Å². The molecule has 0 aromatic carbocycles. The number of hydrogen-bond donors (Lipinski definition) is 1.